The normalized spacial score (nSPS) is 10.6. The van der Waals surface area contributed by atoms with Crippen LogP contribution in [0.3, 0.4) is 0 Å². The zero-order valence-electron chi connectivity index (χ0n) is 14.9. The van der Waals surface area contributed by atoms with Crippen LogP contribution >= 0.6 is 27.5 Å². The van der Waals surface area contributed by atoms with E-state index in [1.165, 1.54) is 16.7 Å². The number of halogens is 2. The van der Waals surface area contributed by atoms with Crippen LogP contribution in [0.1, 0.15) is 22.3 Å². The Morgan fingerprint density at radius 3 is 2.38 bits per heavy atom. The van der Waals surface area contributed by atoms with Gasteiger partial charge in [0.25, 0.3) is 0 Å². The van der Waals surface area contributed by atoms with Crippen LogP contribution in [0.4, 0.5) is 5.69 Å². The van der Waals surface area contributed by atoms with Crippen molar-refractivity contribution in [3.8, 4) is 5.75 Å². The molecular weight excluding hydrogens is 410 g/mol. The van der Waals surface area contributed by atoms with Gasteiger partial charge in [-0.15, -0.1) is 0 Å². The van der Waals surface area contributed by atoms with E-state index in [0.717, 1.165) is 33.0 Å². The Hall–Kier alpha value is -1.97. The molecule has 3 aromatic rings. The van der Waals surface area contributed by atoms with Crippen LogP contribution in [0, 0.1) is 13.8 Å². The van der Waals surface area contributed by atoms with Crippen LogP contribution in [0.5, 0.6) is 5.75 Å². The van der Waals surface area contributed by atoms with Crippen molar-refractivity contribution in [1.29, 1.82) is 0 Å². The Kier molecular flexibility index (Phi) is 6.23. The van der Waals surface area contributed by atoms with E-state index < -0.39 is 0 Å². The average molecular weight is 431 g/mol. The van der Waals surface area contributed by atoms with Crippen molar-refractivity contribution in [2.75, 3.05) is 5.32 Å². The van der Waals surface area contributed by atoms with Gasteiger partial charge < -0.3 is 10.1 Å². The van der Waals surface area contributed by atoms with Gasteiger partial charge in [0.05, 0.1) is 4.47 Å². The standard InChI is InChI=1S/C22H21BrClNO/c1-15-3-6-17(7-4-15)14-26-22-10-8-18(11-20(22)23)13-25-21-12-19(24)9-5-16(21)2/h3-12,25H,13-14H2,1-2H3. The van der Waals surface area contributed by atoms with Gasteiger partial charge in [-0.25, -0.2) is 0 Å². The number of anilines is 1. The van der Waals surface area contributed by atoms with Crippen molar-refractivity contribution in [2.24, 2.45) is 0 Å². The van der Waals surface area contributed by atoms with Crippen LogP contribution in [0.15, 0.2) is 65.1 Å². The second-order valence-corrected chi connectivity index (χ2v) is 7.64. The minimum Gasteiger partial charge on any atom is -0.488 e. The molecule has 0 bridgehead atoms. The summed E-state index contributed by atoms with van der Waals surface area (Å²) in [5.74, 6) is 0.841. The third kappa shape index (κ3) is 5.03. The molecule has 0 amide bonds. The summed E-state index contributed by atoms with van der Waals surface area (Å²) in [6.07, 6.45) is 0. The van der Waals surface area contributed by atoms with Gasteiger partial charge in [-0.2, -0.15) is 0 Å². The topological polar surface area (TPSA) is 21.3 Å². The first-order valence-corrected chi connectivity index (χ1v) is 9.65. The molecule has 0 fully saturated rings. The summed E-state index contributed by atoms with van der Waals surface area (Å²) >= 11 is 9.69. The molecule has 1 N–H and O–H groups in total. The maximum Gasteiger partial charge on any atom is 0.134 e. The Balaban J connectivity index is 1.61. The third-order valence-electron chi connectivity index (χ3n) is 4.19. The van der Waals surface area contributed by atoms with Gasteiger partial charge >= 0.3 is 0 Å². The van der Waals surface area contributed by atoms with Crippen molar-refractivity contribution < 1.29 is 4.74 Å². The second kappa shape index (κ2) is 8.61. The Morgan fingerprint density at radius 1 is 0.923 bits per heavy atom. The van der Waals surface area contributed by atoms with Gasteiger partial charge in [-0.1, -0.05) is 53.6 Å². The molecule has 0 saturated carbocycles. The molecule has 4 heteroatoms. The fraction of sp³-hybridized carbons (Fsp3) is 0.182. The molecular formula is C22H21BrClNO. The maximum absolute atomic E-state index is 6.07. The SMILES string of the molecule is Cc1ccc(COc2ccc(CNc3cc(Cl)ccc3C)cc2Br)cc1. The number of ether oxygens (including phenoxy) is 1. The van der Waals surface area contributed by atoms with E-state index in [9.17, 15) is 0 Å². The summed E-state index contributed by atoms with van der Waals surface area (Å²) in [5, 5.41) is 4.17. The number of benzene rings is 3. The summed E-state index contributed by atoms with van der Waals surface area (Å²) in [4.78, 5) is 0. The molecule has 0 spiro atoms. The van der Waals surface area contributed by atoms with Crippen LogP contribution in [0.25, 0.3) is 0 Å². The van der Waals surface area contributed by atoms with Gasteiger partial charge in [0.1, 0.15) is 12.4 Å². The number of nitrogens with one attached hydrogen (secondary N) is 1. The van der Waals surface area contributed by atoms with E-state index in [2.05, 4.69) is 71.5 Å². The van der Waals surface area contributed by atoms with E-state index >= 15 is 0 Å². The summed E-state index contributed by atoms with van der Waals surface area (Å²) in [6.45, 7) is 5.42. The van der Waals surface area contributed by atoms with Crippen LogP contribution in [-0.4, -0.2) is 0 Å². The highest BCUT2D eigenvalue weighted by molar-refractivity contribution is 9.10. The van der Waals surface area contributed by atoms with Gasteiger partial charge in [0.15, 0.2) is 0 Å². The molecule has 0 aliphatic carbocycles. The van der Waals surface area contributed by atoms with E-state index in [1.54, 1.807) is 0 Å². The van der Waals surface area contributed by atoms with Crippen molar-refractivity contribution in [3.05, 3.63) is 92.4 Å². The lowest BCUT2D eigenvalue weighted by molar-refractivity contribution is 0.304. The van der Waals surface area contributed by atoms with E-state index in [-0.39, 0.29) is 0 Å². The molecule has 0 unspecified atom stereocenters. The molecule has 2 nitrogen and oxygen atoms in total. The van der Waals surface area contributed by atoms with E-state index in [0.29, 0.717) is 6.61 Å². The number of hydrogen-bond acceptors (Lipinski definition) is 2. The van der Waals surface area contributed by atoms with Crippen molar-refractivity contribution in [2.45, 2.75) is 27.0 Å². The third-order valence-corrected chi connectivity index (χ3v) is 5.05. The van der Waals surface area contributed by atoms with Crippen molar-refractivity contribution in [3.63, 3.8) is 0 Å². The first kappa shape index (κ1) is 18.8. The van der Waals surface area contributed by atoms with Gasteiger partial charge in [0, 0.05) is 17.3 Å². The lowest BCUT2D eigenvalue weighted by atomic mass is 10.1. The summed E-state index contributed by atoms with van der Waals surface area (Å²) in [5.41, 5.74) is 5.80. The average Bonchev–Trinajstić information content (AvgIpc) is 2.63. The lowest BCUT2D eigenvalue weighted by Crippen LogP contribution is -2.02. The number of rotatable bonds is 6. The van der Waals surface area contributed by atoms with Crippen molar-refractivity contribution in [1.82, 2.24) is 0 Å². The molecule has 0 heterocycles. The highest BCUT2D eigenvalue weighted by atomic mass is 79.9. The first-order chi connectivity index (χ1) is 12.5. The quantitative estimate of drug-likeness (QED) is 0.458. The molecule has 0 aliphatic heterocycles. The molecule has 134 valence electrons. The smallest absolute Gasteiger partial charge is 0.134 e. The van der Waals surface area contributed by atoms with Gasteiger partial charge in [-0.05, 0) is 70.7 Å². The molecule has 0 atom stereocenters. The largest absolute Gasteiger partial charge is 0.488 e. The summed E-state index contributed by atoms with van der Waals surface area (Å²) in [7, 11) is 0. The Labute approximate surface area is 168 Å². The Morgan fingerprint density at radius 2 is 1.65 bits per heavy atom. The first-order valence-electron chi connectivity index (χ1n) is 8.48. The second-order valence-electron chi connectivity index (χ2n) is 6.35. The molecule has 0 radical (unpaired) electrons. The minimum absolute atomic E-state index is 0.554. The van der Waals surface area contributed by atoms with Crippen LogP contribution < -0.4 is 10.1 Å². The molecule has 26 heavy (non-hydrogen) atoms. The minimum atomic E-state index is 0.554. The zero-order valence-corrected chi connectivity index (χ0v) is 17.2. The number of hydrogen-bond donors (Lipinski definition) is 1. The highest BCUT2D eigenvalue weighted by Crippen LogP contribution is 2.28. The van der Waals surface area contributed by atoms with E-state index in [1.807, 2.05) is 24.3 Å². The molecule has 3 rings (SSSR count). The zero-order chi connectivity index (χ0) is 18.5. The fourth-order valence-electron chi connectivity index (χ4n) is 2.60. The van der Waals surface area contributed by atoms with E-state index in [4.69, 9.17) is 16.3 Å². The number of aryl methyl sites for hydroxylation is 2. The predicted octanol–water partition coefficient (Wildman–Crippen LogP) is 6.91. The predicted molar refractivity (Wildman–Crippen MR) is 113 cm³/mol. The summed E-state index contributed by atoms with van der Waals surface area (Å²) in [6, 6.07) is 20.4. The molecule has 3 aromatic carbocycles. The van der Waals surface area contributed by atoms with Gasteiger partial charge in [0.2, 0.25) is 0 Å². The maximum atomic E-state index is 6.07. The lowest BCUT2D eigenvalue weighted by Gasteiger charge is -2.12. The fourth-order valence-corrected chi connectivity index (χ4v) is 3.31. The van der Waals surface area contributed by atoms with Gasteiger partial charge in [-0.3, -0.25) is 0 Å². The highest BCUT2D eigenvalue weighted by Gasteiger charge is 2.05. The molecule has 0 aromatic heterocycles. The van der Waals surface area contributed by atoms with Crippen LogP contribution in [-0.2, 0) is 13.2 Å². The van der Waals surface area contributed by atoms with Crippen molar-refractivity contribution >= 4 is 33.2 Å². The molecule has 0 aliphatic rings. The van der Waals surface area contributed by atoms with Crippen LogP contribution in [0.2, 0.25) is 5.02 Å². The molecule has 0 saturated heterocycles. The Bertz CT molecular complexity index is 893. The summed E-state index contributed by atoms with van der Waals surface area (Å²) < 4.78 is 6.88. The monoisotopic (exact) mass is 429 g/mol.